The molecule has 1 heterocycles. The first-order chi connectivity index (χ1) is 18.7. The van der Waals surface area contributed by atoms with Crippen molar-refractivity contribution in [3.05, 3.63) is 71.3 Å². The molecule has 39 heavy (non-hydrogen) atoms. The highest BCUT2D eigenvalue weighted by Crippen LogP contribution is 2.42. The van der Waals surface area contributed by atoms with E-state index in [1.807, 2.05) is 32.0 Å². The summed E-state index contributed by atoms with van der Waals surface area (Å²) in [4.78, 5) is 30.1. The van der Waals surface area contributed by atoms with Crippen LogP contribution in [0, 0.1) is 6.92 Å². The number of nitrogens with zero attached hydrogens (tertiary/aromatic N) is 2. The smallest absolute Gasteiger partial charge is 0.295 e. The summed E-state index contributed by atoms with van der Waals surface area (Å²) in [5, 5.41) is 11.5. The SMILES string of the molecule is C=CCOc1ccc(C(O)=C2C(=O)C(=O)N(CCN(C)C)C2c2ccc(OCCCCC)c(OC)c2)c(C)c1. The van der Waals surface area contributed by atoms with Crippen molar-refractivity contribution < 1.29 is 28.9 Å². The minimum Gasteiger partial charge on any atom is -0.507 e. The van der Waals surface area contributed by atoms with E-state index in [2.05, 4.69) is 13.5 Å². The topological polar surface area (TPSA) is 88.5 Å². The number of amides is 1. The van der Waals surface area contributed by atoms with Gasteiger partial charge in [-0.05, 0) is 68.9 Å². The van der Waals surface area contributed by atoms with Crippen molar-refractivity contribution in [2.24, 2.45) is 0 Å². The average Bonchev–Trinajstić information content (AvgIpc) is 3.17. The van der Waals surface area contributed by atoms with Crippen molar-refractivity contribution in [3.8, 4) is 17.2 Å². The van der Waals surface area contributed by atoms with Gasteiger partial charge in [0.05, 0.1) is 25.3 Å². The average molecular weight is 537 g/mol. The van der Waals surface area contributed by atoms with Gasteiger partial charge in [0, 0.05) is 18.7 Å². The maximum Gasteiger partial charge on any atom is 0.295 e. The summed E-state index contributed by atoms with van der Waals surface area (Å²) in [6.07, 6.45) is 4.74. The predicted octanol–water partition coefficient (Wildman–Crippen LogP) is 5.12. The van der Waals surface area contributed by atoms with Gasteiger partial charge in [-0.1, -0.05) is 38.5 Å². The number of carbonyl (C=O) groups excluding carboxylic acids is 2. The van der Waals surface area contributed by atoms with Gasteiger partial charge in [-0.15, -0.1) is 0 Å². The summed E-state index contributed by atoms with van der Waals surface area (Å²) in [5.41, 5.74) is 1.86. The van der Waals surface area contributed by atoms with Crippen molar-refractivity contribution in [2.75, 3.05) is 47.5 Å². The Labute approximate surface area is 231 Å². The zero-order valence-electron chi connectivity index (χ0n) is 23.7. The van der Waals surface area contributed by atoms with Crippen molar-refractivity contribution in [1.82, 2.24) is 9.80 Å². The van der Waals surface area contributed by atoms with Crippen molar-refractivity contribution in [3.63, 3.8) is 0 Å². The number of hydrogen-bond donors (Lipinski definition) is 1. The fourth-order valence-electron chi connectivity index (χ4n) is 4.56. The molecule has 2 aromatic rings. The Bertz CT molecular complexity index is 1220. The maximum atomic E-state index is 13.4. The molecule has 0 bridgehead atoms. The van der Waals surface area contributed by atoms with Crippen LogP contribution in [0.1, 0.15) is 48.9 Å². The summed E-state index contributed by atoms with van der Waals surface area (Å²) in [6.45, 7) is 9.38. The van der Waals surface area contributed by atoms with E-state index in [1.54, 1.807) is 43.5 Å². The summed E-state index contributed by atoms with van der Waals surface area (Å²) in [5.74, 6) is 0.117. The second-order valence-electron chi connectivity index (χ2n) is 9.84. The first-order valence-corrected chi connectivity index (χ1v) is 13.3. The van der Waals surface area contributed by atoms with E-state index in [4.69, 9.17) is 14.2 Å². The second kappa shape index (κ2) is 13.8. The molecule has 0 radical (unpaired) electrons. The van der Waals surface area contributed by atoms with E-state index in [9.17, 15) is 14.7 Å². The number of hydrogen-bond acceptors (Lipinski definition) is 7. The molecule has 0 aliphatic carbocycles. The van der Waals surface area contributed by atoms with Gasteiger partial charge in [-0.3, -0.25) is 9.59 Å². The minimum absolute atomic E-state index is 0.0419. The molecule has 0 aromatic heterocycles. The molecule has 1 aliphatic rings. The highest BCUT2D eigenvalue weighted by atomic mass is 16.5. The number of ether oxygens (including phenoxy) is 3. The lowest BCUT2D eigenvalue weighted by atomic mass is 9.93. The Kier molecular flexibility index (Phi) is 10.6. The monoisotopic (exact) mass is 536 g/mol. The van der Waals surface area contributed by atoms with Crippen LogP contribution < -0.4 is 14.2 Å². The van der Waals surface area contributed by atoms with Gasteiger partial charge in [0.15, 0.2) is 11.5 Å². The van der Waals surface area contributed by atoms with Crippen LogP contribution in [-0.2, 0) is 9.59 Å². The Morgan fingerprint density at radius 3 is 2.51 bits per heavy atom. The highest BCUT2D eigenvalue weighted by Gasteiger charge is 2.46. The Hall–Kier alpha value is -3.78. The number of Topliss-reactive ketones (excluding diaryl/α,β-unsaturated/α-hetero) is 1. The molecule has 2 aromatic carbocycles. The summed E-state index contributed by atoms with van der Waals surface area (Å²) < 4.78 is 17.1. The summed E-state index contributed by atoms with van der Waals surface area (Å²) in [6, 6.07) is 9.80. The van der Waals surface area contributed by atoms with Crippen molar-refractivity contribution in [2.45, 2.75) is 39.2 Å². The van der Waals surface area contributed by atoms with E-state index < -0.39 is 17.7 Å². The molecular weight excluding hydrogens is 496 g/mol. The molecule has 1 unspecified atom stereocenters. The lowest BCUT2D eigenvalue weighted by Crippen LogP contribution is -2.35. The lowest BCUT2D eigenvalue weighted by molar-refractivity contribution is -0.140. The van der Waals surface area contributed by atoms with E-state index >= 15 is 0 Å². The molecular formula is C31H40N2O6. The van der Waals surface area contributed by atoms with Gasteiger partial charge in [0.1, 0.15) is 18.1 Å². The first kappa shape index (κ1) is 29.8. The Morgan fingerprint density at radius 1 is 1.10 bits per heavy atom. The standard InChI is InChI=1S/C31H40N2O6/c1-7-9-10-18-39-25-14-11-22(20-26(25)37-6)28-27(30(35)31(36)33(28)16-15-32(4)5)29(34)24-13-12-23(19-21(24)3)38-17-8-2/h8,11-14,19-20,28,34H,2,7,9-10,15-18H2,1,3-6H3. The highest BCUT2D eigenvalue weighted by molar-refractivity contribution is 6.46. The maximum absolute atomic E-state index is 13.4. The zero-order valence-corrected chi connectivity index (χ0v) is 23.7. The van der Waals surface area contributed by atoms with Gasteiger partial charge in [-0.2, -0.15) is 0 Å². The normalized spacial score (nSPS) is 16.6. The van der Waals surface area contributed by atoms with E-state index in [1.165, 1.54) is 4.90 Å². The Morgan fingerprint density at radius 2 is 1.87 bits per heavy atom. The summed E-state index contributed by atoms with van der Waals surface area (Å²) >= 11 is 0. The van der Waals surface area contributed by atoms with Crippen LogP contribution in [0.2, 0.25) is 0 Å². The minimum atomic E-state index is -0.788. The molecule has 8 heteroatoms. The largest absolute Gasteiger partial charge is 0.507 e. The second-order valence-corrected chi connectivity index (χ2v) is 9.84. The number of benzene rings is 2. The van der Waals surface area contributed by atoms with Gasteiger partial charge < -0.3 is 29.1 Å². The number of carbonyl (C=O) groups is 2. The number of ketones is 1. The number of likely N-dealkylation sites (tertiary alicyclic amines) is 1. The van der Waals surface area contributed by atoms with Gasteiger partial charge in [0.2, 0.25) is 0 Å². The molecule has 1 saturated heterocycles. The predicted molar refractivity (Wildman–Crippen MR) is 152 cm³/mol. The number of aryl methyl sites for hydroxylation is 1. The molecule has 210 valence electrons. The van der Waals surface area contributed by atoms with Crippen molar-refractivity contribution >= 4 is 17.4 Å². The van der Waals surface area contributed by atoms with Crippen LogP contribution in [-0.4, -0.2) is 74.1 Å². The number of methoxy groups -OCH3 is 1. The van der Waals surface area contributed by atoms with E-state index in [0.717, 1.165) is 19.3 Å². The number of aliphatic hydroxyl groups is 1. The van der Waals surface area contributed by atoms with Crippen LogP contribution >= 0.6 is 0 Å². The van der Waals surface area contributed by atoms with Crippen LogP contribution in [0.15, 0.2) is 54.6 Å². The van der Waals surface area contributed by atoms with Gasteiger partial charge in [-0.25, -0.2) is 0 Å². The van der Waals surface area contributed by atoms with E-state index in [-0.39, 0.29) is 11.3 Å². The fourth-order valence-corrected chi connectivity index (χ4v) is 4.56. The molecule has 1 N–H and O–H groups in total. The zero-order chi connectivity index (χ0) is 28.5. The Balaban J connectivity index is 2.08. The number of unbranched alkanes of at least 4 members (excludes halogenated alkanes) is 2. The van der Waals surface area contributed by atoms with Crippen LogP contribution in [0.25, 0.3) is 5.76 Å². The van der Waals surface area contributed by atoms with Crippen LogP contribution in [0.3, 0.4) is 0 Å². The molecule has 3 rings (SSSR count). The van der Waals surface area contributed by atoms with Gasteiger partial charge in [0.25, 0.3) is 11.7 Å². The number of likely N-dealkylation sites (N-methyl/N-ethyl adjacent to an activating group) is 1. The molecule has 8 nitrogen and oxygen atoms in total. The van der Waals surface area contributed by atoms with Crippen LogP contribution in [0.4, 0.5) is 0 Å². The number of rotatable bonds is 14. The quantitative estimate of drug-likeness (QED) is 0.118. The first-order valence-electron chi connectivity index (χ1n) is 13.3. The molecule has 0 spiro atoms. The van der Waals surface area contributed by atoms with Gasteiger partial charge >= 0.3 is 0 Å². The van der Waals surface area contributed by atoms with E-state index in [0.29, 0.717) is 60.2 Å². The number of aliphatic hydroxyl groups excluding tert-OH is 1. The third-order valence-electron chi connectivity index (χ3n) is 6.66. The molecule has 1 fully saturated rings. The molecule has 0 saturated carbocycles. The molecule has 1 atom stereocenters. The summed E-state index contributed by atoms with van der Waals surface area (Å²) in [7, 11) is 5.36. The van der Waals surface area contributed by atoms with Crippen molar-refractivity contribution in [1.29, 1.82) is 0 Å². The molecule has 1 amide bonds. The lowest BCUT2D eigenvalue weighted by Gasteiger charge is -2.27. The third-order valence-corrected chi connectivity index (χ3v) is 6.66. The van der Waals surface area contributed by atoms with Crippen LogP contribution in [0.5, 0.6) is 17.2 Å². The molecule has 1 aliphatic heterocycles. The fraction of sp³-hybridized carbons (Fsp3) is 0.419. The third kappa shape index (κ3) is 7.00.